The Labute approximate surface area is 206 Å². The molecule has 1 fully saturated rings. The molecule has 2 aliphatic carbocycles. The molecule has 3 N–H and O–H groups in total. The maximum atomic E-state index is 13.1. The van der Waals surface area contributed by atoms with Gasteiger partial charge in [-0.25, -0.2) is 4.79 Å². The number of alkyl carbamates (subject to hydrolysis) is 1. The standard InChI is InChI=1S/C28H34N2O5/c1-28(2,3)24(25(31)29-18-10-8-9-17(15-18)26(32)33)30-27(34)35-16-23-21-13-6-4-11-19(21)20-12-5-7-14-22(20)23/h4-7,11-14,17-18,23-24H,8-10,15-16H2,1-3H3,(H,29,31)(H,30,34)(H,32,33)/t17-,18+,24+/m0/s1. The second-order valence-corrected chi connectivity index (χ2v) is 10.7. The van der Waals surface area contributed by atoms with Crippen LogP contribution in [0.1, 0.15) is 63.5 Å². The molecule has 4 rings (SSSR count). The minimum absolute atomic E-state index is 0.0646. The molecule has 1 saturated carbocycles. The summed E-state index contributed by atoms with van der Waals surface area (Å²) < 4.78 is 5.65. The summed E-state index contributed by atoms with van der Waals surface area (Å²) in [6.07, 6.45) is 1.87. The van der Waals surface area contributed by atoms with E-state index in [0.717, 1.165) is 35.1 Å². The minimum Gasteiger partial charge on any atom is -0.481 e. The normalized spacial score (nSPS) is 20.3. The summed E-state index contributed by atoms with van der Waals surface area (Å²) in [5, 5.41) is 15.1. The first kappa shape index (κ1) is 24.8. The Hall–Kier alpha value is -3.35. The van der Waals surface area contributed by atoms with Gasteiger partial charge in [-0.2, -0.15) is 0 Å². The Morgan fingerprint density at radius 1 is 1.00 bits per heavy atom. The van der Waals surface area contributed by atoms with E-state index in [9.17, 15) is 19.5 Å². The smallest absolute Gasteiger partial charge is 0.407 e. The lowest BCUT2D eigenvalue weighted by Crippen LogP contribution is -2.56. The minimum atomic E-state index is -0.826. The number of ether oxygens (including phenoxy) is 1. The molecule has 2 aromatic rings. The average molecular weight is 479 g/mol. The molecule has 0 aromatic heterocycles. The van der Waals surface area contributed by atoms with E-state index in [1.54, 1.807) is 0 Å². The number of fused-ring (bicyclic) bond motifs is 3. The van der Waals surface area contributed by atoms with Crippen molar-refractivity contribution in [1.29, 1.82) is 0 Å². The second kappa shape index (κ2) is 10.1. The van der Waals surface area contributed by atoms with E-state index in [1.807, 2.05) is 45.0 Å². The van der Waals surface area contributed by atoms with Crippen LogP contribution < -0.4 is 10.6 Å². The van der Waals surface area contributed by atoms with Crippen LogP contribution in [-0.2, 0) is 14.3 Å². The predicted octanol–water partition coefficient (Wildman–Crippen LogP) is 4.70. The number of rotatable bonds is 6. The summed E-state index contributed by atoms with van der Waals surface area (Å²) in [6, 6.07) is 15.2. The Morgan fingerprint density at radius 3 is 2.17 bits per heavy atom. The van der Waals surface area contributed by atoms with Gasteiger partial charge in [-0.1, -0.05) is 75.7 Å². The number of hydrogen-bond acceptors (Lipinski definition) is 4. The number of carbonyl (C=O) groups excluding carboxylic acids is 2. The van der Waals surface area contributed by atoms with Gasteiger partial charge < -0.3 is 20.5 Å². The number of benzene rings is 2. The van der Waals surface area contributed by atoms with E-state index in [-0.39, 0.29) is 24.5 Å². The van der Waals surface area contributed by atoms with Crippen LogP contribution in [0.5, 0.6) is 0 Å². The lowest BCUT2D eigenvalue weighted by atomic mass is 9.83. The number of carbonyl (C=O) groups is 3. The van der Waals surface area contributed by atoms with Gasteiger partial charge in [0.05, 0.1) is 5.92 Å². The fourth-order valence-electron chi connectivity index (χ4n) is 5.26. The highest BCUT2D eigenvalue weighted by molar-refractivity contribution is 5.87. The molecule has 0 spiro atoms. The zero-order chi connectivity index (χ0) is 25.2. The largest absolute Gasteiger partial charge is 0.481 e. The molecule has 2 aliphatic rings. The van der Waals surface area contributed by atoms with Crippen molar-refractivity contribution in [2.24, 2.45) is 11.3 Å². The predicted molar refractivity (Wildman–Crippen MR) is 133 cm³/mol. The van der Waals surface area contributed by atoms with Crippen molar-refractivity contribution in [3.8, 4) is 11.1 Å². The molecule has 7 nitrogen and oxygen atoms in total. The Balaban J connectivity index is 1.40. The van der Waals surface area contributed by atoms with Crippen LogP contribution in [0.25, 0.3) is 11.1 Å². The molecule has 0 unspecified atom stereocenters. The summed E-state index contributed by atoms with van der Waals surface area (Å²) in [7, 11) is 0. The van der Waals surface area contributed by atoms with Gasteiger partial charge in [0.15, 0.2) is 0 Å². The monoisotopic (exact) mass is 478 g/mol. The summed E-state index contributed by atoms with van der Waals surface area (Å²) in [5.41, 5.74) is 3.98. The van der Waals surface area contributed by atoms with Crippen LogP contribution in [0.2, 0.25) is 0 Å². The second-order valence-electron chi connectivity index (χ2n) is 10.7. The lowest BCUT2D eigenvalue weighted by Gasteiger charge is -2.33. The maximum absolute atomic E-state index is 13.1. The van der Waals surface area contributed by atoms with Crippen LogP contribution in [-0.4, -0.2) is 41.8 Å². The molecular weight excluding hydrogens is 444 g/mol. The first-order chi connectivity index (χ1) is 16.6. The Bertz CT molecular complexity index is 1060. The molecule has 3 atom stereocenters. The van der Waals surface area contributed by atoms with Crippen molar-refractivity contribution in [2.45, 2.75) is 64.5 Å². The zero-order valence-corrected chi connectivity index (χ0v) is 20.5. The molecule has 0 radical (unpaired) electrons. The van der Waals surface area contributed by atoms with E-state index in [4.69, 9.17) is 4.74 Å². The van der Waals surface area contributed by atoms with Crippen LogP contribution in [0.3, 0.4) is 0 Å². The van der Waals surface area contributed by atoms with Crippen LogP contribution in [0.4, 0.5) is 4.79 Å². The Kier molecular flexibility index (Phi) is 7.15. The molecular formula is C28H34N2O5. The van der Waals surface area contributed by atoms with Gasteiger partial charge in [0, 0.05) is 12.0 Å². The highest BCUT2D eigenvalue weighted by atomic mass is 16.5. The highest BCUT2D eigenvalue weighted by Crippen LogP contribution is 2.44. The number of carboxylic acids is 1. The van der Waals surface area contributed by atoms with Crippen molar-refractivity contribution < 1.29 is 24.2 Å². The molecule has 35 heavy (non-hydrogen) atoms. The van der Waals surface area contributed by atoms with Crippen molar-refractivity contribution in [3.05, 3.63) is 59.7 Å². The quantitative estimate of drug-likeness (QED) is 0.558. The molecule has 0 heterocycles. The topological polar surface area (TPSA) is 105 Å². The third-order valence-electron chi connectivity index (χ3n) is 7.10. The van der Waals surface area contributed by atoms with Gasteiger partial charge in [-0.3, -0.25) is 9.59 Å². The summed E-state index contributed by atoms with van der Waals surface area (Å²) in [5.74, 6) is -1.65. The first-order valence-corrected chi connectivity index (χ1v) is 12.3. The van der Waals surface area contributed by atoms with Crippen LogP contribution in [0, 0.1) is 11.3 Å². The fourth-order valence-corrected chi connectivity index (χ4v) is 5.26. The number of nitrogens with one attached hydrogen (secondary N) is 2. The number of hydrogen-bond donors (Lipinski definition) is 3. The molecule has 0 aliphatic heterocycles. The lowest BCUT2D eigenvalue weighted by molar-refractivity contribution is -0.143. The third kappa shape index (κ3) is 5.50. The summed E-state index contributed by atoms with van der Waals surface area (Å²) in [6.45, 7) is 5.80. The van der Waals surface area contributed by atoms with E-state index in [1.165, 1.54) is 0 Å². The number of aliphatic carboxylic acids is 1. The van der Waals surface area contributed by atoms with Gasteiger partial charge in [0.25, 0.3) is 0 Å². The van der Waals surface area contributed by atoms with Gasteiger partial charge >= 0.3 is 12.1 Å². The number of amides is 2. The van der Waals surface area contributed by atoms with Crippen LogP contribution in [0.15, 0.2) is 48.5 Å². The van der Waals surface area contributed by atoms with E-state index in [0.29, 0.717) is 12.8 Å². The van der Waals surface area contributed by atoms with E-state index in [2.05, 4.69) is 34.9 Å². The average Bonchev–Trinajstić information content (AvgIpc) is 3.14. The van der Waals surface area contributed by atoms with Crippen molar-refractivity contribution in [2.75, 3.05) is 6.61 Å². The molecule has 2 aromatic carbocycles. The van der Waals surface area contributed by atoms with Crippen LogP contribution >= 0.6 is 0 Å². The molecule has 0 bridgehead atoms. The SMILES string of the molecule is CC(C)(C)[C@H](NC(=O)OCC1c2ccccc2-c2ccccc21)C(=O)N[C@@H]1CCC[C@H](C(=O)O)C1. The number of carboxylic acid groups (broad SMARTS) is 1. The van der Waals surface area contributed by atoms with E-state index >= 15 is 0 Å². The molecule has 186 valence electrons. The van der Waals surface area contributed by atoms with Gasteiger partial charge in [-0.15, -0.1) is 0 Å². The molecule has 0 saturated heterocycles. The fraction of sp³-hybridized carbons (Fsp3) is 0.464. The van der Waals surface area contributed by atoms with Gasteiger partial charge in [0.1, 0.15) is 12.6 Å². The third-order valence-corrected chi connectivity index (χ3v) is 7.10. The van der Waals surface area contributed by atoms with E-state index < -0.39 is 29.4 Å². The van der Waals surface area contributed by atoms with Crippen molar-refractivity contribution >= 4 is 18.0 Å². The first-order valence-electron chi connectivity index (χ1n) is 12.3. The zero-order valence-electron chi connectivity index (χ0n) is 20.5. The summed E-state index contributed by atoms with van der Waals surface area (Å²) in [4.78, 5) is 37.3. The maximum Gasteiger partial charge on any atom is 0.407 e. The van der Waals surface area contributed by atoms with Crippen molar-refractivity contribution in [1.82, 2.24) is 10.6 Å². The van der Waals surface area contributed by atoms with Gasteiger partial charge in [-0.05, 0) is 46.9 Å². The van der Waals surface area contributed by atoms with Gasteiger partial charge in [0.2, 0.25) is 5.91 Å². The van der Waals surface area contributed by atoms with Crippen molar-refractivity contribution in [3.63, 3.8) is 0 Å². The Morgan fingerprint density at radius 2 is 1.60 bits per heavy atom. The molecule has 2 amide bonds. The summed E-state index contributed by atoms with van der Waals surface area (Å²) >= 11 is 0. The highest BCUT2D eigenvalue weighted by Gasteiger charge is 2.36. The molecule has 7 heteroatoms.